The molecule has 0 saturated heterocycles. The van der Waals surface area contributed by atoms with Gasteiger partial charge in [-0.2, -0.15) is 0 Å². The molecule has 0 aliphatic heterocycles. The summed E-state index contributed by atoms with van der Waals surface area (Å²) >= 11 is 0. The first kappa shape index (κ1) is 13.4. The molecule has 5 heteroatoms. The minimum atomic E-state index is -1.12. The van der Waals surface area contributed by atoms with Gasteiger partial charge in [0.05, 0.1) is 18.8 Å². The van der Waals surface area contributed by atoms with Gasteiger partial charge in [0.15, 0.2) is 0 Å². The fraction of sp³-hybridized carbons (Fsp3) is 0.889. The van der Waals surface area contributed by atoms with Crippen LogP contribution >= 0.6 is 0 Å². The first-order valence-electron chi connectivity index (χ1n) is 4.83. The predicted molar refractivity (Wildman–Crippen MR) is 51.6 cm³/mol. The molecule has 14 heavy (non-hydrogen) atoms. The molecule has 0 aliphatic rings. The fourth-order valence-corrected chi connectivity index (χ4v) is 1.06. The largest absolute Gasteiger partial charge is 0.394 e. The summed E-state index contributed by atoms with van der Waals surface area (Å²) in [6, 6.07) is -0.794. The molecular weight excluding hydrogens is 186 g/mol. The van der Waals surface area contributed by atoms with E-state index in [-0.39, 0.29) is 18.9 Å². The summed E-state index contributed by atoms with van der Waals surface area (Å²) in [7, 11) is 0. The van der Waals surface area contributed by atoms with E-state index in [0.29, 0.717) is 6.42 Å². The summed E-state index contributed by atoms with van der Waals surface area (Å²) < 4.78 is 0. The van der Waals surface area contributed by atoms with Gasteiger partial charge < -0.3 is 20.6 Å². The van der Waals surface area contributed by atoms with Crippen molar-refractivity contribution in [2.24, 2.45) is 0 Å². The molecule has 4 N–H and O–H groups in total. The molecule has 0 rings (SSSR count). The van der Waals surface area contributed by atoms with E-state index in [1.54, 1.807) is 13.8 Å². The highest BCUT2D eigenvalue weighted by Gasteiger charge is 2.25. The van der Waals surface area contributed by atoms with Crippen LogP contribution in [0.3, 0.4) is 0 Å². The van der Waals surface area contributed by atoms with Gasteiger partial charge in [0, 0.05) is 6.42 Å². The third kappa shape index (κ3) is 4.04. The van der Waals surface area contributed by atoms with Crippen molar-refractivity contribution in [1.82, 2.24) is 5.32 Å². The topological polar surface area (TPSA) is 89.8 Å². The predicted octanol–water partition coefficient (Wildman–Crippen LogP) is -0.995. The smallest absolute Gasteiger partial charge is 0.220 e. The minimum Gasteiger partial charge on any atom is -0.394 e. The number of rotatable bonds is 6. The van der Waals surface area contributed by atoms with Gasteiger partial charge in [0.1, 0.15) is 6.10 Å². The lowest BCUT2D eigenvalue weighted by molar-refractivity contribution is -0.123. The standard InChI is InChI=1S/C9H19NO4/c1-3-7(12)9(14)6(5-11)10-8(13)4-2/h6-7,9,11-12,14H,3-5H2,1-2H3,(H,10,13)/t6-,7+,9-/m0/s1. The molecule has 0 unspecified atom stereocenters. The lowest BCUT2D eigenvalue weighted by atomic mass is 10.0. The van der Waals surface area contributed by atoms with Crippen molar-refractivity contribution in [2.45, 2.75) is 44.9 Å². The fourth-order valence-electron chi connectivity index (χ4n) is 1.06. The quantitative estimate of drug-likeness (QED) is 0.448. The van der Waals surface area contributed by atoms with Crippen molar-refractivity contribution < 1.29 is 20.1 Å². The van der Waals surface area contributed by atoms with Crippen LogP contribution in [0.15, 0.2) is 0 Å². The normalized spacial score (nSPS) is 17.2. The number of hydrogen-bond donors (Lipinski definition) is 4. The SMILES string of the molecule is CCC(=O)N[C@@H](CO)[C@H](O)[C@H](O)CC. The van der Waals surface area contributed by atoms with Crippen molar-refractivity contribution in [2.75, 3.05) is 6.61 Å². The maximum absolute atomic E-state index is 11.0. The molecule has 3 atom stereocenters. The summed E-state index contributed by atoms with van der Waals surface area (Å²) in [5, 5.41) is 30.1. The van der Waals surface area contributed by atoms with E-state index in [1.807, 2.05) is 0 Å². The zero-order valence-electron chi connectivity index (χ0n) is 8.60. The Morgan fingerprint density at radius 2 is 1.93 bits per heavy atom. The zero-order chi connectivity index (χ0) is 11.1. The van der Waals surface area contributed by atoms with Crippen molar-refractivity contribution in [3.8, 4) is 0 Å². The summed E-state index contributed by atoms with van der Waals surface area (Å²) in [6.07, 6.45) is -1.39. The van der Waals surface area contributed by atoms with E-state index in [1.165, 1.54) is 0 Å². The molecule has 0 aromatic heterocycles. The molecule has 1 amide bonds. The van der Waals surface area contributed by atoms with Gasteiger partial charge in [-0.3, -0.25) is 4.79 Å². The Kier molecular flexibility index (Phi) is 6.44. The van der Waals surface area contributed by atoms with Crippen LogP contribution in [0.25, 0.3) is 0 Å². The monoisotopic (exact) mass is 205 g/mol. The molecule has 0 saturated carbocycles. The average Bonchev–Trinajstić information content (AvgIpc) is 2.23. The van der Waals surface area contributed by atoms with E-state index in [0.717, 1.165) is 0 Å². The molecule has 0 spiro atoms. The Morgan fingerprint density at radius 3 is 2.29 bits per heavy atom. The summed E-state index contributed by atoms with van der Waals surface area (Å²) in [6.45, 7) is 3.00. The summed E-state index contributed by atoms with van der Waals surface area (Å²) in [4.78, 5) is 11.0. The molecule has 0 heterocycles. The number of carbonyl (C=O) groups excluding carboxylic acids is 1. The molecular formula is C9H19NO4. The highest BCUT2D eigenvalue weighted by atomic mass is 16.3. The van der Waals surface area contributed by atoms with Gasteiger partial charge in [-0.15, -0.1) is 0 Å². The Balaban J connectivity index is 4.18. The third-order valence-corrected chi connectivity index (χ3v) is 2.09. The van der Waals surface area contributed by atoms with E-state index >= 15 is 0 Å². The van der Waals surface area contributed by atoms with Crippen LogP contribution in [0.4, 0.5) is 0 Å². The molecule has 0 radical (unpaired) electrons. The minimum absolute atomic E-state index is 0.258. The molecule has 0 bridgehead atoms. The summed E-state index contributed by atoms with van der Waals surface area (Å²) in [5.41, 5.74) is 0. The van der Waals surface area contributed by atoms with Crippen LogP contribution in [-0.4, -0.2) is 46.1 Å². The molecule has 0 aromatic rings. The van der Waals surface area contributed by atoms with Crippen molar-refractivity contribution in [3.63, 3.8) is 0 Å². The van der Waals surface area contributed by atoms with E-state index < -0.39 is 18.2 Å². The van der Waals surface area contributed by atoms with E-state index in [4.69, 9.17) is 5.11 Å². The highest BCUT2D eigenvalue weighted by Crippen LogP contribution is 2.03. The second kappa shape index (κ2) is 6.75. The molecule has 0 fully saturated rings. The van der Waals surface area contributed by atoms with E-state index in [2.05, 4.69) is 5.32 Å². The van der Waals surface area contributed by atoms with Crippen LogP contribution < -0.4 is 5.32 Å². The number of aliphatic hydroxyl groups excluding tert-OH is 3. The van der Waals surface area contributed by atoms with E-state index in [9.17, 15) is 15.0 Å². The van der Waals surface area contributed by atoms with Crippen LogP contribution in [0.1, 0.15) is 26.7 Å². The Labute approximate surface area is 83.8 Å². The molecule has 0 aromatic carbocycles. The number of nitrogens with one attached hydrogen (secondary N) is 1. The number of amides is 1. The maximum atomic E-state index is 11.0. The van der Waals surface area contributed by atoms with Gasteiger partial charge in [0.25, 0.3) is 0 Å². The second-order valence-corrected chi connectivity index (χ2v) is 3.18. The van der Waals surface area contributed by atoms with Gasteiger partial charge in [-0.05, 0) is 6.42 Å². The van der Waals surface area contributed by atoms with Gasteiger partial charge in [-0.25, -0.2) is 0 Å². The highest BCUT2D eigenvalue weighted by molar-refractivity contribution is 5.75. The average molecular weight is 205 g/mol. The second-order valence-electron chi connectivity index (χ2n) is 3.18. The lowest BCUT2D eigenvalue weighted by Crippen LogP contribution is -2.50. The van der Waals surface area contributed by atoms with Crippen molar-refractivity contribution in [1.29, 1.82) is 0 Å². The molecule has 5 nitrogen and oxygen atoms in total. The summed E-state index contributed by atoms with van der Waals surface area (Å²) in [5.74, 6) is -0.258. The number of aliphatic hydroxyl groups is 3. The zero-order valence-corrected chi connectivity index (χ0v) is 8.60. The third-order valence-electron chi connectivity index (χ3n) is 2.09. The number of hydrogen-bond acceptors (Lipinski definition) is 4. The van der Waals surface area contributed by atoms with Crippen LogP contribution in [0, 0.1) is 0 Å². The van der Waals surface area contributed by atoms with Crippen molar-refractivity contribution >= 4 is 5.91 Å². The Hall–Kier alpha value is -0.650. The van der Waals surface area contributed by atoms with Gasteiger partial charge in [-0.1, -0.05) is 13.8 Å². The molecule has 0 aliphatic carbocycles. The lowest BCUT2D eigenvalue weighted by Gasteiger charge is -2.25. The number of carbonyl (C=O) groups is 1. The Morgan fingerprint density at radius 1 is 1.36 bits per heavy atom. The molecule has 84 valence electrons. The van der Waals surface area contributed by atoms with Crippen LogP contribution in [0.5, 0.6) is 0 Å². The maximum Gasteiger partial charge on any atom is 0.220 e. The van der Waals surface area contributed by atoms with Gasteiger partial charge in [0.2, 0.25) is 5.91 Å². The first-order valence-corrected chi connectivity index (χ1v) is 4.83. The first-order chi connectivity index (χ1) is 6.56. The van der Waals surface area contributed by atoms with Gasteiger partial charge >= 0.3 is 0 Å². The Bertz CT molecular complexity index is 174. The van der Waals surface area contributed by atoms with Crippen LogP contribution in [-0.2, 0) is 4.79 Å². The van der Waals surface area contributed by atoms with Crippen molar-refractivity contribution in [3.05, 3.63) is 0 Å². The van der Waals surface area contributed by atoms with Crippen LogP contribution in [0.2, 0.25) is 0 Å².